The molecule has 6 heteroatoms. The lowest BCUT2D eigenvalue weighted by Gasteiger charge is -2.21. The van der Waals surface area contributed by atoms with Crippen LogP contribution in [0.3, 0.4) is 0 Å². The summed E-state index contributed by atoms with van der Waals surface area (Å²) in [6.07, 6.45) is -0.916. The number of carbonyl (C=O) groups excluding carboxylic acids is 2. The molecule has 100 valence electrons. The molecule has 0 radical (unpaired) electrons. The van der Waals surface area contributed by atoms with Crippen LogP contribution < -0.4 is 0 Å². The predicted octanol–water partition coefficient (Wildman–Crippen LogP) is 0.383. The Morgan fingerprint density at radius 1 is 1.33 bits per heavy atom. The van der Waals surface area contributed by atoms with Crippen molar-refractivity contribution in [3.8, 4) is 0 Å². The third kappa shape index (κ3) is 1.71. The first-order chi connectivity index (χ1) is 8.37. The van der Waals surface area contributed by atoms with Crippen LogP contribution in [0.2, 0.25) is 0 Å². The molecule has 0 unspecified atom stereocenters. The third-order valence-corrected chi connectivity index (χ3v) is 3.64. The predicted molar refractivity (Wildman–Crippen MR) is 57.4 cm³/mol. The average Bonchev–Trinajstić information content (AvgIpc) is 2.77. The maximum atomic E-state index is 11.7. The van der Waals surface area contributed by atoms with Crippen molar-refractivity contribution in [2.75, 3.05) is 0 Å². The van der Waals surface area contributed by atoms with Crippen LogP contribution in [0.4, 0.5) is 0 Å². The molecule has 2 aliphatic heterocycles. The number of hydrogen-bond acceptors (Lipinski definition) is 6. The van der Waals surface area contributed by atoms with E-state index in [0.29, 0.717) is 6.42 Å². The molecule has 1 saturated carbocycles. The topological polar surface area (TPSA) is 71.1 Å². The van der Waals surface area contributed by atoms with Gasteiger partial charge in [-0.05, 0) is 20.3 Å². The molecule has 18 heavy (non-hydrogen) atoms. The first kappa shape index (κ1) is 11.9. The second-order valence-electron chi connectivity index (χ2n) is 5.47. The molecular formula is C12H16O6. The van der Waals surface area contributed by atoms with E-state index in [1.807, 2.05) is 13.8 Å². The Labute approximate surface area is 105 Å². The van der Waals surface area contributed by atoms with Gasteiger partial charge in [0.05, 0.1) is 6.10 Å². The average molecular weight is 256 g/mol. The van der Waals surface area contributed by atoms with Gasteiger partial charge >= 0.3 is 11.9 Å². The standard InChI is InChI=1S/C12H16O6/c1-5(13)15-9-6-4-7-10(8(6)16-11(9)14)18-12(2,3)17-7/h6-10H,4H2,1-3H3/t6-,7-,8-,9-,10-/m1/s1. The molecule has 0 amide bonds. The zero-order chi connectivity index (χ0) is 13.1. The van der Waals surface area contributed by atoms with E-state index in [9.17, 15) is 9.59 Å². The first-order valence-corrected chi connectivity index (χ1v) is 6.11. The fourth-order valence-electron chi connectivity index (χ4n) is 3.11. The van der Waals surface area contributed by atoms with Gasteiger partial charge in [-0.25, -0.2) is 4.79 Å². The van der Waals surface area contributed by atoms with E-state index < -0.39 is 23.8 Å². The van der Waals surface area contributed by atoms with Gasteiger partial charge in [-0.15, -0.1) is 0 Å². The summed E-state index contributed by atoms with van der Waals surface area (Å²) in [7, 11) is 0. The molecule has 3 aliphatic rings. The summed E-state index contributed by atoms with van der Waals surface area (Å²) in [5.74, 6) is -1.76. The molecule has 5 atom stereocenters. The number of hydrogen-bond donors (Lipinski definition) is 0. The fourth-order valence-corrected chi connectivity index (χ4v) is 3.11. The maximum Gasteiger partial charge on any atom is 0.348 e. The van der Waals surface area contributed by atoms with Crippen molar-refractivity contribution in [3.63, 3.8) is 0 Å². The minimum absolute atomic E-state index is 0.0961. The zero-order valence-electron chi connectivity index (χ0n) is 10.5. The largest absolute Gasteiger partial charge is 0.456 e. The molecule has 0 aromatic rings. The van der Waals surface area contributed by atoms with Crippen LogP contribution in [0, 0.1) is 5.92 Å². The second-order valence-corrected chi connectivity index (χ2v) is 5.47. The Morgan fingerprint density at radius 2 is 2.06 bits per heavy atom. The van der Waals surface area contributed by atoms with Gasteiger partial charge in [0.15, 0.2) is 5.79 Å². The van der Waals surface area contributed by atoms with Crippen molar-refractivity contribution in [3.05, 3.63) is 0 Å². The van der Waals surface area contributed by atoms with Crippen molar-refractivity contribution < 1.29 is 28.5 Å². The SMILES string of the molecule is CC(=O)O[C@H]1C(=O)O[C@@H]2[C@H]1C[C@H]1OC(C)(C)O[C@@H]21. The smallest absolute Gasteiger partial charge is 0.348 e. The first-order valence-electron chi connectivity index (χ1n) is 6.11. The summed E-state index contributed by atoms with van der Waals surface area (Å²) in [6, 6.07) is 0. The summed E-state index contributed by atoms with van der Waals surface area (Å²) in [4.78, 5) is 22.7. The number of esters is 2. The van der Waals surface area contributed by atoms with E-state index >= 15 is 0 Å². The number of carbonyl (C=O) groups is 2. The molecule has 1 aliphatic carbocycles. The highest BCUT2D eigenvalue weighted by atomic mass is 16.8. The van der Waals surface area contributed by atoms with Crippen LogP contribution in [-0.4, -0.2) is 42.1 Å². The van der Waals surface area contributed by atoms with Crippen molar-refractivity contribution in [2.24, 2.45) is 5.92 Å². The summed E-state index contributed by atoms with van der Waals surface area (Å²) in [5, 5.41) is 0. The number of fused-ring (bicyclic) bond motifs is 3. The number of ether oxygens (including phenoxy) is 4. The molecule has 3 fully saturated rings. The highest BCUT2D eigenvalue weighted by molar-refractivity contribution is 5.81. The van der Waals surface area contributed by atoms with E-state index in [4.69, 9.17) is 18.9 Å². The molecule has 0 aromatic heterocycles. The van der Waals surface area contributed by atoms with Crippen molar-refractivity contribution in [2.45, 2.75) is 57.4 Å². The summed E-state index contributed by atoms with van der Waals surface area (Å²) >= 11 is 0. The quantitative estimate of drug-likeness (QED) is 0.632. The minimum Gasteiger partial charge on any atom is -0.456 e. The lowest BCUT2D eigenvalue weighted by atomic mass is 10.0. The fraction of sp³-hybridized carbons (Fsp3) is 0.833. The van der Waals surface area contributed by atoms with Crippen LogP contribution >= 0.6 is 0 Å². The normalized spacial score (nSPS) is 44.4. The molecule has 6 nitrogen and oxygen atoms in total. The van der Waals surface area contributed by atoms with Crippen molar-refractivity contribution in [1.29, 1.82) is 0 Å². The Morgan fingerprint density at radius 3 is 2.72 bits per heavy atom. The van der Waals surface area contributed by atoms with Gasteiger partial charge in [0.1, 0.15) is 12.2 Å². The highest BCUT2D eigenvalue weighted by Gasteiger charge is 2.62. The second kappa shape index (κ2) is 3.68. The van der Waals surface area contributed by atoms with Crippen molar-refractivity contribution in [1.82, 2.24) is 0 Å². The van der Waals surface area contributed by atoms with E-state index in [-0.39, 0.29) is 24.2 Å². The Balaban J connectivity index is 1.77. The van der Waals surface area contributed by atoms with Gasteiger partial charge < -0.3 is 18.9 Å². The van der Waals surface area contributed by atoms with Crippen LogP contribution in [0.5, 0.6) is 0 Å². The van der Waals surface area contributed by atoms with E-state index in [1.54, 1.807) is 0 Å². The zero-order valence-corrected chi connectivity index (χ0v) is 10.5. The molecule has 0 aromatic carbocycles. The Hall–Kier alpha value is -1.14. The Bertz CT molecular complexity index is 403. The van der Waals surface area contributed by atoms with Gasteiger partial charge in [0.25, 0.3) is 0 Å². The minimum atomic E-state index is -0.812. The van der Waals surface area contributed by atoms with Gasteiger partial charge in [0.2, 0.25) is 6.10 Å². The van der Waals surface area contributed by atoms with Crippen LogP contribution in [0.1, 0.15) is 27.2 Å². The van der Waals surface area contributed by atoms with Crippen molar-refractivity contribution >= 4 is 11.9 Å². The van der Waals surface area contributed by atoms with E-state index in [1.165, 1.54) is 6.92 Å². The molecule has 0 N–H and O–H groups in total. The van der Waals surface area contributed by atoms with Gasteiger partial charge in [-0.2, -0.15) is 0 Å². The molecule has 3 rings (SSSR count). The van der Waals surface area contributed by atoms with E-state index in [0.717, 1.165) is 0 Å². The number of rotatable bonds is 1. The van der Waals surface area contributed by atoms with Crippen LogP contribution in [-0.2, 0) is 28.5 Å². The summed E-state index contributed by atoms with van der Waals surface area (Å²) < 4.78 is 21.8. The highest BCUT2D eigenvalue weighted by Crippen LogP contribution is 2.47. The van der Waals surface area contributed by atoms with Crippen LogP contribution in [0.15, 0.2) is 0 Å². The van der Waals surface area contributed by atoms with Gasteiger partial charge in [-0.3, -0.25) is 4.79 Å². The van der Waals surface area contributed by atoms with E-state index in [2.05, 4.69) is 0 Å². The Kier molecular flexibility index (Phi) is 2.44. The molecule has 0 bridgehead atoms. The molecule has 0 spiro atoms. The lowest BCUT2D eigenvalue weighted by Crippen LogP contribution is -2.32. The monoisotopic (exact) mass is 256 g/mol. The van der Waals surface area contributed by atoms with Crippen LogP contribution in [0.25, 0.3) is 0 Å². The van der Waals surface area contributed by atoms with Gasteiger partial charge in [0, 0.05) is 12.8 Å². The van der Waals surface area contributed by atoms with Gasteiger partial charge in [-0.1, -0.05) is 0 Å². The maximum absolute atomic E-state index is 11.7. The molecule has 2 heterocycles. The molecular weight excluding hydrogens is 240 g/mol. The lowest BCUT2D eigenvalue weighted by molar-refractivity contribution is -0.169. The summed E-state index contributed by atoms with van der Waals surface area (Å²) in [6.45, 7) is 4.95. The summed E-state index contributed by atoms with van der Waals surface area (Å²) in [5.41, 5.74) is 0. The third-order valence-electron chi connectivity index (χ3n) is 3.64. The molecule has 2 saturated heterocycles.